The summed E-state index contributed by atoms with van der Waals surface area (Å²) in [6.45, 7) is 3.05. The van der Waals surface area contributed by atoms with Gasteiger partial charge in [-0.05, 0) is 25.7 Å². The Labute approximate surface area is 147 Å². The molecule has 0 saturated heterocycles. The molecule has 0 aliphatic carbocycles. The van der Waals surface area contributed by atoms with E-state index in [0.29, 0.717) is 32.1 Å². The molecule has 0 aliphatic heterocycles. The average molecular weight is 360 g/mol. The number of carboxylic acids is 1. The largest absolute Gasteiger partial charge is 0.481 e. The summed E-state index contributed by atoms with van der Waals surface area (Å²) in [5.41, 5.74) is 0. The van der Waals surface area contributed by atoms with Crippen LogP contribution in [-0.2, 0) is 33.4 Å². The minimum Gasteiger partial charge on any atom is -0.481 e. The van der Waals surface area contributed by atoms with E-state index in [1.165, 1.54) is 0 Å². The Morgan fingerprint density at radius 3 is 2.00 bits per heavy atom. The molecule has 0 fully saturated rings. The van der Waals surface area contributed by atoms with Crippen LogP contribution in [0.5, 0.6) is 0 Å². The van der Waals surface area contributed by atoms with E-state index in [-0.39, 0.29) is 25.9 Å². The van der Waals surface area contributed by atoms with Crippen LogP contribution in [0.1, 0.15) is 65.2 Å². The molecular weight excluding hydrogens is 332 g/mol. The first kappa shape index (κ1) is 22.9. The lowest BCUT2D eigenvalue weighted by molar-refractivity contribution is -0.172. The van der Waals surface area contributed by atoms with E-state index in [2.05, 4.69) is 0 Å². The predicted molar refractivity (Wildman–Crippen MR) is 87.4 cm³/mol. The molecule has 8 nitrogen and oxygen atoms in total. The van der Waals surface area contributed by atoms with Crippen molar-refractivity contribution >= 4 is 23.9 Å². The number of esters is 3. The summed E-state index contributed by atoms with van der Waals surface area (Å²) in [7, 11) is 0. The van der Waals surface area contributed by atoms with Crippen LogP contribution in [0.3, 0.4) is 0 Å². The molecule has 1 unspecified atom stereocenters. The Morgan fingerprint density at radius 1 is 0.840 bits per heavy atom. The smallest absolute Gasteiger partial charge is 0.315 e. The Morgan fingerprint density at radius 2 is 1.44 bits per heavy atom. The summed E-state index contributed by atoms with van der Waals surface area (Å²) in [6, 6.07) is 0. The summed E-state index contributed by atoms with van der Waals surface area (Å²) < 4.78 is 14.7. The average Bonchev–Trinajstić information content (AvgIpc) is 2.54. The third-order valence-electron chi connectivity index (χ3n) is 3.30. The van der Waals surface area contributed by atoms with Crippen LogP contribution in [0.2, 0.25) is 0 Å². The number of unbranched alkanes of at least 4 members (excludes halogenated alkanes) is 1. The van der Waals surface area contributed by atoms with Crippen LogP contribution in [0.25, 0.3) is 0 Å². The van der Waals surface area contributed by atoms with Crippen LogP contribution in [0, 0.1) is 5.92 Å². The third kappa shape index (κ3) is 12.9. The number of carbonyl (C=O) groups is 4. The monoisotopic (exact) mass is 360 g/mol. The fourth-order valence-electron chi connectivity index (χ4n) is 1.95. The van der Waals surface area contributed by atoms with Crippen molar-refractivity contribution in [2.45, 2.75) is 65.2 Å². The number of carbonyl (C=O) groups excluding carboxylic acids is 3. The molecule has 0 aromatic heterocycles. The van der Waals surface area contributed by atoms with Gasteiger partial charge in [-0.3, -0.25) is 19.2 Å². The zero-order chi connectivity index (χ0) is 19.1. The highest BCUT2D eigenvalue weighted by Gasteiger charge is 2.22. The second kappa shape index (κ2) is 14.2. The molecule has 1 atom stereocenters. The molecule has 0 spiro atoms. The quantitative estimate of drug-likeness (QED) is 0.285. The molecule has 0 bridgehead atoms. The fraction of sp³-hybridized carbons (Fsp3) is 0.765. The molecule has 1 N–H and O–H groups in total. The number of hydrogen-bond acceptors (Lipinski definition) is 7. The molecular formula is C17H28O8. The van der Waals surface area contributed by atoms with Crippen molar-refractivity contribution in [1.82, 2.24) is 0 Å². The minimum absolute atomic E-state index is 0.00597. The van der Waals surface area contributed by atoms with Crippen molar-refractivity contribution in [3.63, 3.8) is 0 Å². The van der Waals surface area contributed by atoms with Crippen molar-refractivity contribution in [2.24, 2.45) is 5.92 Å². The summed E-state index contributed by atoms with van der Waals surface area (Å²) in [4.78, 5) is 45.2. The molecule has 0 aromatic carbocycles. The van der Waals surface area contributed by atoms with Gasteiger partial charge >= 0.3 is 23.9 Å². The number of aliphatic carboxylic acids is 1. The normalized spacial score (nSPS) is 11.4. The van der Waals surface area contributed by atoms with Gasteiger partial charge in [-0.25, -0.2) is 0 Å². The van der Waals surface area contributed by atoms with Crippen LogP contribution >= 0.6 is 0 Å². The summed E-state index contributed by atoms with van der Waals surface area (Å²) in [5.74, 6) is -3.11. The van der Waals surface area contributed by atoms with Crippen molar-refractivity contribution in [3.8, 4) is 0 Å². The van der Waals surface area contributed by atoms with Crippen LogP contribution in [-0.4, -0.2) is 42.4 Å². The third-order valence-corrected chi connectivity index (χ3v) is 3.30. The van der Waals surface area contributed by atoms with E-state index in [1.807, 2.05) is 13.8 Å². The molecule has 0 radical (unpaired) electrons. The maximum Gasteiger partial charge on any atom is 0.315 e. The Hall–Kier alpha value is -2.12. The highest BCUT2D eigenvalue weighted by Crippen LogP contribution is 2.14. The van der Waals surface area contributed by atoms with Gasteiger partial charge in [0.2, 0.25) is 6.79 Å². The summed E-state index contributed by atoms with van der Waals surface area (Å²) in [6.07, 6.45) is 2.99. The molecule has 0 aliphatic rings. The maximum atomic E-state index is 12.1. The SMILES string of the molecule is CCCC(=O)OCOC(=O)C(CCCCC(=O)O)COC(=O)CCC. The zero-order valence-electron chi connectivity index (χ0n) is 15.0. The van der Waals surface area contributed by atoms with Crippen molar-refractivity contribution in [1.29, 1.82) is 0 Å². The number of carboxylic acid groups (broad SMARTS) is 1. The van der Waals surface area contributed by atoms with Gasteiger partial charge in [-0.1, -0.05) is 20.3 Å². The van der Waals surface area contributed by atoms with Crippen molar-refractivity contribution in [2.75, 3.05) is 13.4 Å². The molecule has 0 heterocycles. The standard InChI is InChI=1S/C17H28O8/c1-3-7-15(20)23-11-13(9-5-6-10-14(18)19)17(22)25-12-24-16(21)8-4-2/h13H,3-12H2,1-2H3,(H,18,19). The minimum atomic E-state index is -0.906. The van der Waals surface area contributed by atoms with E-state index in [0.717, 1.165) is 0 Å². The lowest BCUT2D eigenvalue weighted by Gasteiger charge is -2.16. The number of hydrogen-bond donors (Lipinski definition) is 1. The van der Waals surface area contributed by atoms with Gasteiger partial charge < -0.3 is 19.3 Å². The van der Waals surface area contributed by atoms with Gasteiger partial charge in [-0.2, -0.15) is 0 Å². The molecule has 144 valence electrons. The number of rotatable bonds is 14. The van der Waals surface area contributed by atoms with Gasteiger partial charge in [0.1, 0.15) is 6.61 Å². The first-order valence-electron chi connectivity index (χ1n) is 8.60. The topological polar surface area (TPSA) is 116 Å². The predicted octanol–water partition coefficient (Wildman–Crippen LogP) is 2.43. The highest BCUT2D eigenvalue weighted by molar-refractivity contribution is 5.74. The second-order valence-corrected chi connectivity index (χ2v) is 5.62. The molecule has 0 aromatic rings. The van der Waals surface area contributed by atoms with E-state index >= 15 is 0 Å². The van der Waals surface area contributed by atoms with Gasteiger partial charge in [0, 0.05) is 19.3 Å². The lowest BCUT2D eigenvalue weighted by atomic mass is 10.0. The molecule has 0 saturated carbocycles. The van der Waals surface area contributed by atoms with Crippen LogP contribution in [0.4, 0.5) is 0 Å². The maximum absolute atomic E-state index is 12.1. The first-order valence-corrected chi connectivity index (χ1v) is 8.60. The molecule has 0 rings (SSSR count). The van der Waals surface area contributed by atoms with E-state index < -0.39 is 36.6 Å². The van der Waals surface area contributed by atoms with Crippen LogP contribution < -0.4 is 0 Å². The lowest BCUT2D eigenvalue weighted by Crippen LogP contribution is -2.26. The van der Waals surface area contributed by atoms with Gasteiger partial charge in [0.25, 0.3) is 0 Å². The molecule has 0 amide bonds. The molecule has 8 heteroatoms. The second-order valence-electron chi connectivity index (χ2n) is 5.62. The molecule has 25 heavy (non-hydrogen) atoms. The zero-order valence-corrected chi connectivity index (χ0v) is 15.0. The van der Waals surface area contributed by atoms with E-state index in [1.54, 1.807) is 0 Å². The van der Waals surface area contributed by atoms with Gasteiger partial charge in [-0.15, -0.1) is 0 Å². The Balaban J connectivity index is 4.36. The van der Waals surface area contributed by atoms with E-state index in [9.17, 15) is 19.2 Å². The van der Waals surface area contributed by atoms with Crippen molar-refractivity contribution in [3.05, 3.63) is 0 Å². The van der Waals surface area contributed by atoms with E-state index in [4.69, 9.17) is 19.3 Å². The summed E-state index contributed by atoms with van der Waals surface area (Å²) in [5, 5.41) is 8.63. The highest BCUT2D eigenvalue weighted by atomic mass is 16.7. The van der Waals surface area contributed by atoms with Crippen LogP contribution in [0.15, 0.2) is 0 Å². The van der Waals surface area contributed by atoms with Gasteiger partial charge in [0.15, 0.2) is 0 Å². The Bertz CT molecular complexity index is 432. The summed E-state index contributed by atoms with van der Waals surface area (Å²) >= 11 is 0. The fourth-order valence-corrected chi connectivity index (χ4v) is 1.95. The first-order chi connectivity index (χ1) is 11.9. The number of ether oxygens (including phenoxy) is 3. The van der Waals surface area contributed by atoms with Gasteiger partial charge in [0.05, 0.1) is 5.92 Å². The van der Waals surface area contributed by atoms with Crippen molar-refractivity contribution < 1.29 is 38.5 Å². The Kier molecular flexibility index (Phi) is 13.0.